The predicted molar refractivity (Wildman–Crippen MR) is 63.3 cm³/mol. The molecule has 1 fully saturated rings. The highest BCUT2D eigenvalue weighted by Gasteiger charge is 2.23. The summed E-state index contributed by atoms with van der Waals surface area (Å²) in [6.07, 6.45) is 1.58. The Morgan fingerprint density at radius 1 is 1.50 bits per heavy atom. The van der Waals surface area contributed by atoms with Crippen molar-refractivity contribution in [3.8, 4) is 0 Å². The van der Waals surface area contributed by atoms with Crippen LogP contribution in [0.15, 0.2) is 0 Å². The third-order valence-corrected chi connectivity index (χ3v) is 3.52. The van der Waals surface area contributed by atoms with Gasteiger partial charge >= 0.3 is 0 Å². The molecule has 1 aliphatic heterocycles. The van der Waals surface area contributed by atoms with Gasteiger partial charge in [-0.05, 0) is 33.1 Å². The van der Waals surface area contributed by atoms with E-state index in [0.29, 0.717) is 12.0 Å². The van der Waals surface area contributed by atoms with Crippen LogP contribution in [0, 0.1) is 19.8 Å². The Balaban J connectivity index is 1.80. The van der Waals surface area contributed by atoms with Crippen molar-refractivity contribution in [3.63, 3.8) is 0 Å². The number of ether oxygens (including phenoxy) is 1. The summed E-state index contributed by atoms with van der Waals surface area (Å²) in [6, 6.07) is 0. The number of rotatable bonds is 4. The molecule has 0 radical (unpaired) electrons. The van der Waals surface area contributed by atoms with Crippen LogP contribution in [0.1, 0.15) is 30.3 Å². The summed E-state index contributed by atoms with van der Waals surface area (Å²) in [4.78, 5) is 0. The van der Waals surface area contributed by atoms with E-state index in [1.807, 2.05) is 6.92 Å². The van der Waals surface area contributed by atoms with E-state index in [9.17, 15) is 0 Å². The van der Waals surface area contributed by atoms with Crippen LogP contribution in [0.4, 0.5) is 0 Å². The fraction of sp³-hybridized carbons (Fsp3) is 0.750. The van der Waals surface area contributed by atoms with Crippen LogP contribution in [0.3, 0.4) is 0 Å². The number of aromatic amines is 1. The fourth-order valence-electron chi connectivity index (χ4n) is 2.26. The molecule has 1 aliphatic rings. The summed E-state index contributed by atoms with van der Waals surface area (Å²) < 4.78 is 5.54. The monoisotopic (exact) mass is 223 g/mol. The number of nitrogens with one attached hydrogen (secondary N) is 2. The van der Waals surface area contributed by atoms with E-state index in [1.165, 1.54) is 17.7 Å². The SMILES string of the molecule is Cc1n[nH]c(C)c1CNCC1CCOC1C. The lowest BCUT2D eigenvalue weighted by molar-refractivity contribution is 0.105. The second kappa shape index (κ2) is 4.97. The first-order valence-electron chi connectivity index (χ1n) is 6.01. The number of nitrogens with zero attached hydrogens (tertiary/aromatic N) is 1. The van der Waals surface area contributed by atoms with Gasteiger partial charge < -0.3 is 10.1 Å². The van der Waals surface area contributed by atoms with Crippen molar-refractivity contribution in [2.45, 2.75) is 39.8 Å². The van der Waals surface area contributed by atoms with Crippen LogP contribution in [-0.2, 0) is 11.3 Å². The van der Waals surface area contributed by atoms with Crippen LogP contribution < -0.4 is 5.32 Å². The molecule has 0 amide bonds. The minimum atomic E-state index is 0.402. The van der Waals surface area contributed by atoms with Gasteiger partial charge in [-0.3, -0.25) is 5.10 Å². The molecule has 1 aromatic rings. The molecule has 0 spiro atoms. The summed E-state index contributed by atoms with van der Waals surface area (Å²) in [5.74, 6) is 0.660. The van der Waals surface area contributed by atoms with Crippen molar-refractivity contribution in [1.82, 2.24) is 15.5 Å². The van der Waals surface area contributed by atoms with Gasteiger partial charge in [0.2, 0.25) is 0 Å². The first-order chi connectivity index (χ1) is 7.68. The lowest BCUT2D eigenvalue weighted by Gasteiger charge is -2.14. The molecule has 1 aromatic heterocycles. The highest BCUT2D eigenvalue weighted by atomic mass is 16.5. The van der Waals surface area contributed by atoms with Gasteiger partial charge in [0.15, 0.2) is 0 Å². The number of H-pyrrole nitrogens is 1. The molecule has 0 aliphatic carbocycles. The van der Waals surface area contributed by atoms with Crippen molar-refractivity contribution in [1.29, 1.82) is 0 Å². The first-order valence-corrected chi connectivity index (χ1v) is 6.01. The molecule has 4 heteroatoms. The molecule has 4 nitrogen and oxygen atoms in total. The first kappa shape index (κ1) is 11.6. The van der Waals surface area contributed by atoms with E-state index >= 15 is 0 Å². The number of aromatic nitrogens is 2. The quantitative estimate of drug-likeness (QED) is 0.814. The molecular weight excluding hydrogens is 202 g/mol. The number of hydrogen-bond donors (Lipinski definition) is 2. The van der Waals surface area contributed by atoms with Gasteiger partial charge in [0.05, 0.1) is 11.8 Å². The zero-order valence-electron chi connectivity index (χ0n) is 10.3. The lowest BCUT2D eigenvalue weighted by atomic mass is 10.0. The molecule has 2 rings (SSSR count). The average molecular weight is 223 g/mol. The van der Waals surface area contributed by atoms with Crippen molar-refractivity contribution in [2.24, 2.45) is 5.92 Å². The van der Waals surface area contributed by atoms with Gasteiger partial charge in [0.1, 0.15) is 0 Å². The summed E-state index contributed by atoms with van der Waals surface area (Å²) in [5.41, 5.74) is 3.56. The Morgan fingerprint density at radius 3 is 2.88 bits per heavy atom. The van der Waals surface area contributed by atoms with Crippen LogP contribution in [0.5, 0.6) is 0 Å². The van der Waals surface area contributed by atoms with Crippen LogP contribution in [0.25, 0.3) is 0 Å². The Bertz CT molecular complexity index is 329. The van der Waals surface area contributed by atoms with E-state index in [0.717, 1.165) is 25.4 Å². The second-order valence-electron chi connectivity index (χ2n) is 4.67. The topological polar surface area (TPSA) is 49.9 Å². The van der Waals surface area contributed by atoms with E-state index < -0.39 is 0 Å². The lowest BCUT2D eigenvalue weighted by Crippen LogP contribution is -2.26. The molecule has 16 heavy (non-hydrogen) atoms. The zero-order valence-corrected chi connectivity index (χ0v) is 10.3. The standard InChI is InChI=1S/C12H21N3O/c1-8-12(9(2)15-14-8)7-13-6-11-4-5-16-10(11)3/h10-11,13H,4-7H2,1-3H3,(H,14,15). The van der Waals surface area contributed by atoms with Crippen molar-refractivity contribution in [3.05, 3.63) is 17.0 Å². The Kier molecular flexibility index (Phi) is 3.61. The minimum absolute atomic E-state index is 0.402. The van der Waals surface area contributed by atoms with Gasteiger partial charge in [0.25, 0.3) is 0 Å². The van der Waals surface area contributed by atoms with Gasteiger partial charge in [-0.25, -0.2) is 0 Å². The Labute approximate surface area is 96.8 Å². The predicted octanol–water partition coefficient (Wildman–Crippen LogP) is 1.54. The third kappa shape index (κ3) is 2.44. The van der Waals surface area contributed by atoms with E-state index in [-0.39, 0.29) is 0 Å². The second-order valence-corrected chi connectivity index (χ2v) is 4.67. The maximum Gasteiger partial charge on any atom is 0.0638 e. The highest BCUT2D eigenvalue weighted by molar-refractivity contribution is 5.22. The molecule has 0 aromatic carbocycles. The molecule has 0 saturated carbocycles. The van der Waals surface area contributed by atoms with Gasteiger partial charge in [-0.1, -0.05) is 0 Å². The Morgan fingerprint density at radius 2 is 2.31 bits per heavy atom. The van der Waals surface area contributed by atoms with Crippen molar-refractivity contribution >= 4 is 0 Å². The molecule has 2 atom stereocenters. The van der Waals surface area contributed by atoms with E-state index in [1.54, 1.807) is 0 Å². The number of aryl methyl sites for hydroxylation is 2. The van der Waals surface area contributed by atoms with Crippen molar-refractivity contribution < 1.29 is 4.74 Å². The normalized spacial score (nSPS) is 25.2. The largest absolute Gasteiger partial charge is 0.378 e. The van der Waals surface area contributed by atoms with Gasteiger partial charge in [0, 0.05) is 31.0 Å². The summed E-state index contributed by atoms with van der Waals surface area (Å²) in [7, 11) is 0. The minimum Gasteiger partial charge on any atom is -0.378 e. The molecule has 2 N–H and O–H groups in total. The highest BCUT2D eigenvalue weighted by Crippen LogP contribution is 2.19. The average Bonchev–Trinajstić information content (AvgIpc) is 2.79. The molecule has 2 heterocycles. The van der Waals surface area contributed by atoms with Crippen LogP contribution in [-0.4, -0.2) is 29.5 Å². The molecule has 2 unspecified atom stereocenters. The summed E-state index contributed by atoms with van der Waals surface area (Å²) in [6.45, 7) is 9.12. The molecular formula is C12H21N3O. The number of hydrogen-bond acceptors (Lipinski definition) is 3. The summed E-state index contributed by atoms with van der Waals surface area (Å²) in [5, 5.41) is 10.7. The molecule has 90 valence electrons. The van der Waals surface area contributed by atoms with Crippen LogP contribution >= 0.6 is 0 Å². The molecule has 0 bridgehead atoms. The zero-order chi connectivity index (χ0) is 11.5. The summed E-state index contributed by atoms with van der Waals surface area (Å²) >= 11 is 0. The maximum atomic E-state index is 5.54. The molecule has 1 saturated heterocycles. The smallest absolute Gasteiger partial charge is 0.0638 e. The fourth-order valence-corrected chi connectivity index (χ4v) is 2.26. The third-order valence-electron chi connectivity index (χ3n) is 3.52. The Hall–Kier alpha value is -0.870. The van der Waals surface area contributed by atoms with Gasteiger partial charge in [-0.2, -0.15) is 5.10 Å². The maximum absolute atomic E-state index is 5.54. The van der Waals surface area contributed by atoms with E-state index in [2.05, 4.69) is 29.4 Å². The van der Waals surface area contributed by atoms with Gasteiger partial charge in [-0.15, -0.1) is 0 Å². The van der Waals surface area contributed by atoms with Crippen molar-refractivity contribution in [2.75, 3.05) is 13.2 Å². The van der Waals surface area contributed by atoms with Crippen LogP contribution in [0.2, 0.25) is 0 Å². The van der Waals surface area contributed by atoms with E-state index in [4.69, 9.17) is 4.74 Å².